The first-order chi connectivity index (χ1) is 12.8. The predicted octanol–water partition coefficient (Wildman–Crippen LogP) is 4.05. The topological polar surface area (TPSA) is 64.1 Å². The van der Waals surface area contributed by atoms with Gasteiger partial charge < -0.3 is 24.8 Å². The summed E-state index contributed by atoms with van der Waals surface area (Å²) in [6.07, 6.45) is 0.892. The Hall–Kier alpha value is -2.16. The van der Waals surface area contributed by atoms with E-state index in [0.29, 0.717) is 19.8 Å². The van der Waals surface area contributed by atoms with Crippen molar-refractivity contribution >= 4 is 35.6 Å². The van der Waals surface area contributed by atoms with E-state index in [1.807, 2.05) is 49.4 Å². The molecule has 0 fully saturated rings. The van der Waals surface area contributed by atoms with Crippen LogP contribution < -0.4 is 24.8 Å². The Bertz CT molecular complexity index is 751. The number of ether oxygens (including phenoxy) is 3. The largest absolute Gasteiger partial charge is 0.497 e. The van der Waals surface area contributed by atoms with Crippen molar-refractivity contribution in [2.45, 2.75) is 19.9 Å². The van der Waals surface area contributed by atoms with Crippen LogP contribution in [0.25, 0.3) is 0 Å². The molecule has 2 N–H and O–H groups in total. The molecular formula is C20H26IN3O3. The number of rotatable bonds is 5. The number of guanidine groups is 1. The highest BCUT2D eigenvalue weighted by Crippen LogP contribution is 2.32. The van der Waals surface area contributed by atoms with Crippen LogP contribution in [0, 0.1) is 0 Å². The second-order valence-electron chi connectivity index (χ2n) is 5.88. The molecule has 0 atom stereocenters. The number of nitrogens with one attached hydrogen (secondary N) is 2. The van der Waals surface area contributed by atoms with Crippen molar-refractivity contribution in [1.29, 1.82) is 0 Å². The van der Waals surface area contributed by atoms with E-state index in [0.717, 1.165) is 47.4 Å². The molecule has 1 heterocycles. The minimum Gasteiger partial charge on any atom is -0.497 e. The first-order valence-electron chi connectivity index (χ1n) is 8.86. The smallest absolute Gasteiger partial charge is 0.196 e. The van der Waals surface area contributed by atoms with Gasteiger partial charge in [0.05, 0.1) is 26.9 Å². The van der Waals surface area contributed by atoms with Gasteiger partial charge in [0.1, 0.15) is 5.75 Å². The average Bonchev–Trinajstić information content (AvgIpc) is 2.91. The van der Waals surface area contributed by atoms with E-state index in [1.54, 1.807) is 7.11 Å². The predicted molar refractivity (Wildman–Crippen MR) is 119 cm³/mol. The summed E-state index contributed by atoms with van der Waals surface area (Å²) >= 11 is 0. The van der Waals surface area contributed by atoms with E-state index >= 15 is 0 Å². The number of halogens is 1. The zero-order chi connectivity index (χ0) is 18.2. The Morgan fingerprint density at radius 3 is 2.52 bits per heavy atom. The van der Waals surface area contributed by atoms with Crippen molar-refractivity contribution < 1.29 is 14.2 Å². The molecule has 0 aliphatic carbocycles. The molecule has 7 heteroatoms. The number of fused-ring (bicyclic) bond motifs is 1. The quantitative estimate of drug-likeness (QED) is 0.382. The van der Waals surface area contributed by atoms with E-state index in [4.69, 9.17) is 14.2 Å². The fraction of sp³-hybridized carbons (Fsp3) is 0.350. The highest BCUT2D eigenvalue weighted by molar-refractivity contribution is 14.0. The summed E-state index contributed by atoms with van der Waals surface area (Å²) in [5, 5.41) is 6.58. The van der Waals surface area contributed by atoms with E-state index in [2.05, 4.69) is 15.6 Å². The molecule has 2 aromatic rings. The fourth-order valence-corrected chi connectivity index (χ4v) is 2.59. The van der Waals surface area contributed by atoms with Crippen LogP contribution in [0.4, 0.5) is 5.69 Å². The van der Waals surface area contributed by atoms with Gasteiger partial charge in [-0.25, -0.2) is 4.99 Å². The molecule has 146 valence electrons. The number of hydrogen-bond donors (Lipinski definition) is 2. The van der Waals surface area contributed by atoms with Gasteiger partial charge in [-0.15, -0.1) is 24.0 Å². The molecule has 0 radical (unpaired) electrons. The van der Waals surface area contributed by atoms with Gasteiger partial charge >= 0.3 is 0 Å². The average molecular weight is 483 g/mol. The van der Waals surface area contributed by atoms with Gasteiger partial charge in [0.2, 0.25) is 0 Å². The third-order valence-electron chi connectivity index (χ3n) is 3.93. The molecule has 0 saturated heterocycles. The number of hydrogen-bond acceptors (Lipinski definition) is 4. The van der Waals surface area contributed by atoms with Crippen LogP contribution in [0.1, 0.15) is 18.9 Å². The van der Waals surface area contributed by atoms with Crippen LogP contribution in [-0.4, -0.2) is 32.8 Å². The van der Waals surface area contributed by atoms with Gasteiger partial charge in [-0.3, -0.25) is 0 Å². The van der Waals surface area contributed by atoms with Crippen LogP contribution in [0.15, 0.2) is 47.5 Å². The molecule has 2 aromatic carbocycles. The highest BCUT2D eigenvalue weighted by atomic mass is 127. The van der Waals surface area contributed by atoms with Crippen molar-refractivity contribution in [3.8, 4) is 17.2 Å². The molecule has 0 amide bonds. The van der Waals surface area contributed by atoms with Gasteiger partial charge in [-0.2, -0.15) is 0 Å². The van der Waals surface area contributed by atoms with Gasteiger partial charge in [-0.05, 0) is 36.8 Å². The summed E-state index contributed by atoms with van der Waals surface area (Å²) in [4.78, 5) is 4.65. The molecule has 0 unspecified atom stereocenters. The Labute approximate surface area is 177 Å². The van der Waals surface area contributed by atoms with Crippen LogP contribution in [0.5, 0.6) is 17.2 Å². The Morgan fingerprint density at radius 1 is 1.07 bits per heavy atom. The number of anilines is 1. The lowest BCUT2D eigenvalue weighted by molar-refractivity contribution is 0.297. The summed E-state index contributed by atoms with van der Waals surface area (Å²) in [6.45, 7) is 4.75. The van der Waals surface area contributed by atoms with Gasteiger partial charge in [0.25, 0.3) is 0 Å². The third-order valence-corrected chi connectivity index (χ3v) is 3.93. The lowest BCUT2D eigenvalue weighted by Gasteiger charge is -2.14. The lowest BCUT2D eigenvalue weighted by atomic mass is 10.2. The molecule has 3 rings (SSSR count). The minimum absolute atomic E-state index is 0. The zero-order valence-electron chi connectivity index (χ0n) is 15.7. The van der Waals surface area contributed by atoms with E-state index in [-0.39, 0.29) is 24.0 Å². The summed E-state index contributed by atoms with van der Waals surface area (Å²) in [6, 6.07) is 13.7. The Morgan fingerprint density at radius 2 is 1.81 bits per heavy atom. The van der Waals surface area contributed by atoms with Crippen LogP contribution in [0.3, 0.4) is 0 Å². The lowest BCUT2D eigenvalue weighted by Crippen LogP contribution is -2.30. The first kappa shape index (κ1) is 21.1. The molecule has 1 aliphatic rings. The fourth-order valence-electron chi connectivity index (χ4n) is 2.59. The molecule has 0 spiro atoms. The Kier molecular flexibility index (Phi) is 8.50. The molecule has 27 heavy (non-hydrogen) atoms. The number of nitrogens with zero attached hydrogens (tertiary/aromatic N) is 1. The molecular weight excluding hydrogens is 457 g/mol. The van der Waals surface area contributed by atoms with Gasteiger partial charge in [0, 0.05) is 24.7 Å². The second-order valence-corrected chi connectivity index (χ2v) is 5.88. The van der Waals surface area contributed by atoms with Crippen molar-refractivity contribution in [2.75, 3.05) is 32.2 Å². The van der Waals surface area contributed by atoms with Gasteiger partial charge in [0.15, 0.2) is 17.5 Å². The maximum atomic E-state index is 5.74. The molecule has 0 aromatic heterocycles. The number of methoxy groups -OCH3 is 1. The maximum absolute atomic E-state index is 5.74. The van der Waals surface area contributed by atoms with E-state index < -0.39 is 0 Å². The zero-order valence-corrected chi connectivity index (χ0v) is 18.0. The van der Waals surface area contributed by atoms with Crippen molar-refractivity contribution in [2.24, 2.45) is 4.99 Å². The van der Waals surface area contributed by atoms with Crippen molar-refractivity contribution in [1.82, 2.24) is 5.32 Å². The van der Waals surface area contributed by atoms with Crippen LogP contribution in [-0.2, 0) is 6.54 Å². The molecule has 1 aliphatic heterocycles. The van der Waals surface area contributed by atoms with E-state index in [9.17, 15) is 0 Å². The summed E-state index contributed by atoms with van der Waals surface area (Å²) in [5.41, 5.74) is 2.02. The summed E-state index contributed by atoms with van der Waals surface area (Å²) in [7, 11) is 1.66. The summed E-state index contributed by atoms with van der Waals surface area (Å²) < 4.78 is 16.6. The Balaban J connectivity index is 0.00000261. The molecule has 0 saturated carbocycles. The second kappa shape index (κ2) is 10.9. The maximum Gasteiger partial charge on any atom is 0.196 e. The monoisotopic (exact) mass is 483 g/mol. The van der Waals surface area contributed by atoms with Crippen LogP contribution in [0.2, 0.25) is 0 Å². The highest BCUT2D eigenvalue weighted by Gasteiger charge is 2.11. The number of aliphatic imine (C=N–C) groups is 1. The molecule has 6 nitrogen and oxygen atoms in total. The summed E-state index contributed by atoms with van der Waals surface area (Å²) in [5.74, 6) is 3.11. The normalized spacial score (nSPS) is 13.2. The van der Waals surface area contributed by atoms with E-state index in [1.165, 1.54) is 0 Å². The first-order valence-corrected chi connectivity index (χ1v) is 8.86. The standard InChI is InChI=1S/C20H25N3O3.HI/c1-3-21-20(22-14-15-5-8-17(24-2)9-6-15)23-16-7-10-18-19(13-16)26-12-4-11-25-18;/h5-10,13H,3-4,11-12,14H2,1-2H3,(H2,21,22,23);1H. The minimum atomic E-state index is 0. The van der Waals surface area contributed by atoms with Crippen molar-refractivity contribution in [3.63, 3.8) is 0 Å². The van der Waals surface area contributed by atoms with Crippen LogP contribution >= 0.6 is 24.0 Å². The number of benzene rings is 2. The third kappa shape index (κ3) is 6.20. The molecule has 0 bridgehead atoms. The van der Waals surface area contributed by atoms with Crippen molar-refractivity contribution in [3.05, 3.63) is 48.0 Å². The van der Waals surface area contributed by atoms with Gasteiger partial charge in [-0.1, -0.05) is 12.1 Å². The SMILES string of the molecule is CCNC(=NCc1ccc(OC)cc1)Nc1ccc2c(c1)OCCCO2.I.